The van der Waals surface area contributed by atoms with Crippen LogP contribution in [0.4, 0.5) is 5.82 Å². The van der Waals surface area contributed by atoms with E-state index in [9.17, 15) is 0 Å². The molecule has 15 heavy (non-hydrogen) atoms. The topological polar surface area (TPSA) is 49.1 Å². The fraction of sp³-hybridized carbons (Fsp3) is 0.455. The van der Waals surface area contributed by atoms with E-state index in [1.54, 1.807) is 13.2 Å². The van der Waals surface area contributed by atoms with Gasteiger partial charge in [0, 0.05) is 19.2 Å². The molecule has 4 nitrogen and oxygen atoms in total. The number of anilines is 1. The molecule has 0 spiro atoms. The van der Waals surface area contributed by atoms with Crippen molar-refractivity contribution in [1.29, 1.82) is 5.26 Å². The maximum absolute atomic E-state index is 8.87. The van der Waals surface area contributed by atoms with Crippen molar-refractivity contribution in [3.63, 3.8) is 0 Å². The largest absolute Gasteiger partial charge is 0.481 e. The van der Waals surface area contributed by atoms with Gasteiger partial charge < -0.3 is 9.64 Å². The Morgan fingerprint density at radius 1 is 1.40 bits per heavy atom. The molecule has 0 unspecified atom stereocenters. The summed E-state index contributed by atoms with van der Waals surface area (Å²) in [6, 6.07) is 5.58. The third kappa shape index (κ3) is 2.01. The minimum absolute atomic E-state index is 0.510. The van der Waals surface area contributed by atoms with Gasteiger partial charge >= 0.3 is 0 Å². The summed E-state index contributed by atoms with van der Waals surface area (Å²) in [5, 5.41) is 8.87. The zero-order valence-corrected chi connectivity index (χ0v) is 8.73. The first-order chi connectivity index (χ1) is 7.33. The van der Waals surface area contributed by atoms with Crippen LogP contribution in [0.2, 0.25) is 0 Å². The van der Waals surface area contributed by atoms with Crippen LogP contribution >= 0.6 is 0 Å². The van der Waals surface area contributed by atoms with Crippen molar-refractivity contribution in [3.8, 4) is 11.9 Å². The van der Waals surface area contributed by atoms with Crippen LogP contribution in [0.5, 0.6) is 5.88 Å². The molecule has 0 atom stereocenters. The summed E-state index contributed by atoms with van der Waals surface area (Å²) >= 11 is 0. The molecule has 0 saturated carbocycles. The van der Waals surface area contributed by atoms with Gasteiger partial charge in [-0.25, -0.2) is 0 Å². The highest BCUT2D eigenvalue weighted by Gasteiger charge is 2.15. The van der Waals surface area contributed by atoms with Gasteiger partial charge in [-0.15, -0.1) is 0 Å². The monoisotopic (exact) mass is 203 g/mol. The highest BCUT2D eigenvalue weighted by molar-refractivity contribution is 5.48. The number of rotatable bonds is 2. The molecule has 1 aromatic rings. The maximum Gasteiger partial charge on any atom is 0.216 e. The second kappa shape index (κ2) is 4.18. The summed E-state index contributed by atoms with van der Waals surface area (Å²) < 4.78 is 5.07. The lowest BCUT2D eigenvalue weighted by Gasteiger charge is -2.16. The standard InChI is InChI=1S/C11H13N3O/c1-15-11-7-9(8-12)6-10(13-11)14-4-2-3-5-14/h6-7H,2-5H2,1H3. The summed E-state index contributed by atoms with van der Waals surface area (Å²) in [7, 11) is 1.57. The second-order valence-electron chi connectivity index (χ2n) is 3.56. The average molecular weight is 203 g/mol. The van der Waals surface area contributed by atoms with E-state index in [-0.39, 0.29) is 0 Å². The number of nitriles is 1. The van der Waals surface area contributed by atoms with Crippen LogP contribution in [0.25, 0.3) is 0 Å². The lowest BCUT2D eigenvalue weighted by molar-refractivity contribution is 0.398. The molecule has 1 aliphatic rings. The van der Waals surface area contributed by atoms with Gasteiger partial charge in [0.1, 0.15) is 5.82 Å². The molecule has 2 heterocycles. The predicted molar refractivity (Wildman–Crippen MR) is 57.0 cm³/mol. The Morgan fingerprint density at radius 2 is 2.13 bits per heavy atom. The van der Waals surface area contributed by atoms with E-state index in [0.29, 0.717) is 11.4 Å². The van der Waals surface area contributed by atoms with Crippen molar-refractivity contribution in [2.24, 2.45) is 0 Å². The Hall–Kier alpha value is -1.76. The Labute approximate surface area is 89.1 Å². The highest BCUT2D eigenvalue weighted by atomic mass is 16.5. The molecular weight excluding hydrogens is 190 g/mol. The molecule has 1 saturated heterocycles. The van der Waals surface area contributed by atoms with Crippen molar-refractivity contribution < 1.29 is 4.74 Å². The van der Waals surface area contributed by atoms with Gasteiger partial charge in [-0.1, -0.05) is 0 Å². The Balaban J connectivity index is 2.33. The van der Waals surface area contributed by atoms with E-state index in [4.69, 9.17) is 10.00 Å². The molecule has 1 aliphatic heterocycles. The molecule has 2 rings (SSSR count). The Morgan fingerprint density at radius 3 is 2.73 bits per heavy atom. The first-order valence-electron chi connectivity index (χ1n) is 5.04. The normalized spacial score (nSPS) is 15.1. The van der Waals surface area contributed by atoms with Crippen LogP contribution in [0.3, 0.4) is 0 Å². The molecule has 0 aliphatic carbocycles. The van der Waals surface area contributed by atoms with Crippen molar-refractivity contribution in [1.82, 2.24) is 4.98 Å². The quantitative estimate of drug-likeness (QED) is 0.732. The van der Waals surface area contributed by atoms with E-state index in [1.165, 1.54) is 12.8 Å². The molecule has 0 amide bonds. The van der Waals surface area contributed by atoms with E-state index in [1.807, 2.05) is 6.07 Å². The maximum atomic E-state index is 8.87. The second-order valence-corrected chi connectivity index (χ2v) is 3.56. The lowest BCUT2D eigenvalue weighted by Crippen LogP contribution is -2.19. The molecule has 1 aromatic heterocycles. The number of hydrogen-bond acceptors (Lipinski definition) is 4. The molecule has 1 fully saturated rings. The number of pyridine rings is 1. The van der Waals surface area contributed by atoms with E-state index in [0.717, 1.165) is 18.9 Å². The molecule has 4 heteroatoms. The van der Waals surface area contributed by atoms with Crippen LogP contribution in [0.15, 0.2) is 12.1 Å². The number of methoxy groups -OCH3 is 1. The number of nitrogens with zero attached hydrogens (tertiary/aromatic N) is 3. The van der Waals surface area contributed by atoms with Crippen molar-refractivity contribution in [2.45, 2.75) is 12.8 Å². The third-order valence-corrected chi connectivity index (χ3v) is 2.56. The SMILES string of the molecule is COc1cc(C#N)cc(N2CCCC2)n1. The highest BCUT2D eigenvalue weighted by Crippen LogP contribution is 2.22. The summed E-state index contributed by atoms with van der Waals surface area (Å²) in [5.74, 6) is 1.36. The first kappa shape index (κ1) is 9.78. The zero-order valence-electron chi connectivity index (χ0n) is 8.73. The summed E-state index contributed by atoms with van der Waals surface area (Å²) in [4.78, 5) is 6.52. The van der Waals surface area contributed by atoms with Gasteiger partial charge in [0.2, 0.25) is 5.88 Å². The smallest absolute Gasteiger partial charge is 0.216 e. The van der Waals surface area contributed by atoms with E-state index >= 15 is 0 Å². The lowest BCUT2D eigenvalue weighted by atomic mass is 10.3. The number of hydrogen-bond donors (Lipinski definition) is 0. The molecule has 78 valence electrons. The van der Waals surface area contributed by atoms with Crippen molar-refractivity contribution >= 4 is 5.82 Å². The fourth-order valence-electron chi connectivity index (χ4n) is 1.77. The third-order valence-electron chi connectivity index (χ3n) is 2.56. The van der Waals surface area contributed by atoms with Gasteiger partial charge in [-0.05, 0) is 18.9 Å². The fourth-order valence-corrected chi connectivity index (χ4v) is 1.77. The molecule has 0 aromatic carbocycles. The van der Waals surface area contributed by atoms with Gasteiger partial charge in [-0.3, -0.25) is 0 Å². The summed E-state index contributed by atoms with van der Waals surface area (Å²) in [5.41, 5.74) is 0.601. The van der Waals surface area contributed by atoms with Gasteiger partial charge in [0.05, 0.1) is 18.7 Å². The minimum atomic E-state index is 0.510. The summed E-state index contributed by atoms with van der Waals surface area (Å²) in [6.45, 7) is 2.04. The van der Waals surface area contributed by atoms with Crippen molar-refractivity contribution in [2.75, 3.05) is 25.1 Å². The van der Waals surface area contributed by atoms with Crippen LogP contribution in [0, 0.1) is 11.3 Å². The summed E-state index contributed by atoms with van der Waals surface area (Å²) in [6.07, 6.45) is 2.39. The average Bonchev–Trinajstić information content (AvgIpc) is 2.81. The Kier molecular flexibility index (Phi) is 2.72. The molecule has 0 N–H and O–H groups in total. The van der Waals surface area contributed by atoms with Crippen LogP contribution in [0.1, 0.15) is 18.4 Å². The van der Waals surface area contributed by atoms with Crippen LogP contribution < -0.4 is 9.64 Å². The zero-order chi connectivity index (χ0) is 10.7. The molecule has 0 radical (unpaired) electrons. The first-order valence-corrected chi connectivity index (χ1v) is 5.04. The molecule has 0 bridgehead atoms. The number of ether oxygens (including phenoxy) is 1. The van der Waals surface area contributed by atoms with E-state index < -0.39 is 0 Å². The Bertz CT molecular complexity index is 391. The van der Waals surface area contributed by atoms with Crippen LogP contribution in [-0.2, 0) is 0 Å². The van der Waals surface area contributed by atoms with E-state index in [2.05, 4.69) is 16.0 Å². The van der Waals surface area contributed by atoms with Crippen molar-refractivity contribution in [3.05, 3.63) is 17.7 Å². The van der Waals surface area contributed by atoms with Gasteiger partial charge in [-0.2, -0.15) is 10.2 Å². The molecular formula is C11H13N3O. The van der Waals surface area contributed by atoms with Gasteiger partial charge in [0.15, 0.2) is 0 Å². The van der Waals surface area contributed by atoms with Crippen LogP contribution in [-0.4, -0.2) is 25.2 Å². The minimum Gasteiger partial charge on any atom is -0.481 e. The predicted octanol–water partition coefficient (Wildman–Crippen LogP) is 1.56. The number of aromatic nitrogens is 1. The van der Waals surface area contributed by atoms with Gasteiger partial charge in [0.25, 0.3) is 0 Å².